The van der Waals surface area contributed by atoms with Gasteiger partial charge in [-0.2, -0.15) is 0 Å². The van der Waals surface area contributed by atoms with Crippen LogP contribution in [0.1, 0.15) is 10.4 Å². The zero-order valence-corrected chi connectivity index (χ0v) is 8.58. The Bertz CT molecular complexity index is 476. The molecule has 4 heteroatoms. The van der Waals surface area contributed by atoms with Crippen molar-refractivity contribution in [1.29, 1.82) is 0 Å². The van der Waals surface area contributed by atoms with E-state index in [2.05, 4.69) is 20.9 Å². The lowest BCUT2D eigenvalue weighted by Crippen LogP contribution is -1.87. The first-order valence-electron chi connectivity index (χ1n) is 3.78. The van der Waals surface area contributed by atoms with Crippen LogP contribution in [0, 0.1) is 0 Å². The molecule has 1 heterocycles. The van der Waals surface area contributed by atoms with Gasteiger partial charge < -0.3 is 4.57 Å². The number of carbonyl (C=O) groups excluding carboxylic acids is 1. The topological polar surface area (TPSA) is 34.9 Å². The Morgan fingerprint density at radius 3 is 3.00 bits per heavy atom. The fraction of sp³-hybridized carbons (Fsp3) is 0.111. The number of halogens is 1. The summed E-state index contributed by atoms with van der Waals surface area (Å²) in [6.45, 7) is 0. The van der Waals surface area contributed by atoms with Crippen LogP contribution in [0.2, 0.25) is 0 Å². The monoisotopic (exact) mass is 238 g/mol. The molecule has 66 valence electrons. The number of imidazole rings is 1. The Hall–Kier alpha value is -1.16. The largest absolute Gasteiger partial charge is 0.334 e. The van der Waals surface area contributed by atoms with Crippen LogP contribution in [0.4, 0.5) is 0 Å². The molecule has 2 rings (SSSR count). The third kappa shape index (κ3) is 1.27. The molecule has 3 nitrogen and oxygen atoms in total. The van der Waals surface area contributed by atoms with Gasteiger partial charge in [-0.05, 0) is 28.1 Å². The maximum atomic E-state index is 10.6. The second-order valence-electron chi connectivity index (χ2n) is 2.84. The standard InChI is InChI=1S/C9H7BrN2O/c1-12-5-11-8-3-7(10)6(4-13)2-9(8)12/h2-5H,1H3. The summed E-state index contributed by atoms with van der Waals surface area (Å²) in [6, 6.07) is 3.67. The lowest BCUT2D eigenvalue weighted by atomic mass is 10.2. The highest BCUT2D eigenvalue weighted by Gasteiger charge is 2.04. The van der Waals surface area contributed by atoms with Crippen molar-refractivity contribution in [2.45, 2.75) is 0 Å². The minimum Gasteiger partial charge on any atom is -0.334 e. The third-order valence-corrected chi connectivity index (χ3v) is 2.66. The predicted octanol–water partition coefficient (Wildman–Crippen LogP) is 2.15. The Labute approximate surface area is 83.5 Å². The zero-order valence-electron chi connectivity index (χ0n) is 6.99. The molecule has 0 unspecified atom stereocenters. The van der Waals surface area contributed by atoms with Crippen molar-refractivity contribution in [2.24, 2.45) is 7.05 Å². The van der Waals surface area contributed by atoms with E-state index in [-0.39, 0.29) is 0 Å². The fourth-order valence-corrected chi connectivity index (χ4v) is 1.68. The smallest absolute Gasteiger partial charge is 0.151 e. The molecule has 1 aromatic heterocycles. The van der Waals surface area contributed by atoms with Crippen LogP contribution < -0.4 is 0 Å². The van der Waals surface area contributed by atoms with Crippen LogP contribution in [0.3, 0.4) is 0 Å². The highest BCUT2D eigenvalue weighted by atomic mass is 79.9. The number of hydrogen-bond acceptors (Lipinski definition) is 2. The Morgan fingerprint density at radius 2 is 2.31 bits per heavy atom. The summed E-state index contributed by atoms with van der Waals surface area (Å²) in [5, 5.41) is 0. The molecule has 0 radical (unpaired) electrons. The number of carbonyl (C=O) groups is 1. The second kappa shape index (κ2) is 2.96. The van der Waals surface area contributed by atoms with E-state index in [1.165, 1.54) is 0 Å². The van der Waals surface area contributed by atoms with Gasteiger partial charge in [0.25, 0.3) is 0 Å². The van der Waals surface area contributed by atoms with E-state index in [1.807, 2.05) is 23.7 Å². The summed E-state index contributed by atoms with van der Waals surface area (Å²) < 4.78 is 2.67. The van der Waals surface area contributed by atoms with Gasteiger partial charge in [-0.15, -0.1) is 0 Å². The number of nitrogens with zero attached hydrogens (tertiary/aromatic N) is 2. The van der Waals surface area contributed by atoms with Crippen LogP contribution in [-0.2, 0) is 7.05 Å². The van der Waals surface area contributed by atoms with Crippen molar-refractivity contribution in [3.63, 3.8) is 0 Å². The molecule has 0 fully saturated rings. The molecule has 0 spiro atoms. The van der Waals surface area contributed by atoms with E-state index < -0.39 is 0 Å². The minimum absolute atomic E-state index is 0.649. The lowest BCUT2D eigenvalue weighted by molar-refractivity contribution is 0.112. The van der Waals surface area contributed by atoms with E-state index >= 15 is 0 Å². The SMILES string of the molecule is Cn1cnc2cc(Br)c(C=O)cc21. The van der Waals surface area contributed by atoms with Gasteiger partial charge in [0.2, 0.25) is 0 Å². The molecule has 1 aromatic carbocycles. The quantitative estimate of drug-likeness (QED) is 0.714. The maximum absolute atomic E-state index is 10.6. The molecular formula is C9H7BrN2O. The molecule has 0 aliphatic heterocycles. The number of rotatable bonds is 1. The molecular weight excluding hydrogens is 232 g/mol. The van der Waals surface area contributed by atoms with Crippen molar-refractivity contribution in [3.8, 4) is 0 Å². The second-order valence-corrected chi connectivity index (χ2v) is 3.69. The number of aryl methyl sites for hydroxylation is 1. The van der Waals surface area contributed by atoms with E-state index in [4.69, 9.17) is 0 Å². The van der Waals surface area contributed by atoms with Crippen molar-refractivity contribution in [2.75, 3.05) is 0 Å². The normalized spacial score (nSPS) is 10.6. The van der Waals surface area contributed by atoms with E-state index in [9.17, 15) is 4.79 Å². The summed E-state index contributed by atoms with van der Waals surface area (Å²) in [5.41, 5.74) is 2.50. The van der Waals surface area contributed by atoms with Crippen LogP contribution >= 0.6 is 15.9 Å². The average molecular weight is 239 g/mol. The molecule has 13 heavy (non-hydrogen) atoms. The van der Waals surface area contributed by atoms with Gasteiger partial charge in [0.15, 0.2) is 6.29 Å². The summed E-state index contributed by atoms with van der Waals surface area (Å²) in [4.78, 5) is 14.8. The average Bonchev–Trinajstić information content (AvgIpc) is 2.46. The predicted molar refractivity (Wildman–Crippen MR) is 53.8 cm³/mol. The minimum atomic E-state index is 0.649. The Kier molecular flexibility index (Phi) is 1.92. The van der Waals surface area contributed by atoms with E-state index in [1.54, 1.807) is 6.33 Å². The van der Waals surface area contributed by atoms with Gasteiger partial charge in [-0.3, -0.25) is 4.79 Å². The molecule has 0 N–H and O–H groups in total. The van der Waals surface area contributed by atoms with Crippen molar-refractivity contribution < 1.29 is 4.79 Å². The molecule has 0 aliphatic carbocycles. The van der Waals surface area contributed by atoms with Crippen LogP contribution in [0.25, 0.3) is 11.0 Å². The summed E-state index contributed by atoms with van der Waals surface area (Å²) in [7, 11) is 1.90. The van der Waals surface area contributed by atoms with Gasteiger partial charge in [0.1, 0.15) is 0 Å². The third-order valence-electron chi connectivity index (χ3n) is 1.97. The molecule has 0 saturated carbocycles. The van der Waals surface area contributed by atoms with Crippen molar-refractivity contribution in [3.05, 3.63) is 28.5 Å². The van der Waals surface area contributed by atoms with E-state index in [0.717, 1.165) is 21.8 Å². The first kappa shape index (κ1) is 8.44. The number of aromatic nitrogens is 2. The molecule has 0 amide bonds. The summed E-state index contributed by atoms with van der Waals surface area (Å²) >= 11 is 3.31. The first-order chi connectivity index (χ1) is 6.22. The number of benzene rings is 1. The number of fused-ring (bicyclic) bond motifs is 1. The van der Waals surface area contributed by atoms with Crippen LogP contribution in [0.15, 0.2) is 22.9 Å². The molecule has 0 saturated heterocycles. The summed E-state index contributed by atoms with van der Waals surface area (Å²) in [6.07, 6.45) is 2.56. The molecule has 0 bridgehead atoms. The van der Waals surface area contributed by atoms with Gasteiger partial charge in [0, 0.05) is 17.1 Å². The lowest BCUT2D eigenvalue weighted by Gasteiger charge is -1.97. The molecule has 0 aliphatic rings. The number of aldehydes is 1. The van der Waals surface area contributed by atoms with Crippen molar-refractivity contribution in [1.82, 2.24) is 9.55 Å². The Morgan fingerprint density at radius 1 is 1.54 bits per heavy atom. The van der Waals surface area contributed by atoms with Gasteiger partial charge in [-0.25, -0.2) is 4.98 Å². The fourth-order valence-electron chi connectivity index (χ4n) is 1.25. The summed E-state index contributed by atoms with van der Waals surface area (Å²) in [5.74, 6) is 0. The molecule has 0 atom stereocenters. The zero-order chi connectivity index (χ0) is 9.42. The number of hydrogen-bond donors (Lipinski definition) is 0. The highest BCUT2D eigenvalue weighted by Crippen LogP contribution is 2.21. The van der Waals surface area contributed by atoms with Crippen LogP contribution in [0.5, 0.6) is 0 Å². The van der Waals surface area contributed by atoms with Gasteiger partial charge in [-0.1, -0.05) is 0 Å². The highest BCUT2D eigenvalue weighted by molar-refractivity contribution is 9.10. The molecule has 2 aromatic rings. The maximum Gasteiger partial charge on any atom is 0.151 e. The van der Waals surface area contributed by atoms with Crippen LogP contribution in [-0.4, -0.2) is 15.8 Å². The first-order valence-corrected chi connectivity index (χ1v) is 4.57. The Balaban J connectivity index is 2.84. The van der Waals surface area contributed by atoms with Gasteiger partial charge in [0.05, 0.1) is 17.4 Å². The van der Waals surface area contributed by atoms with Crippen molar-refractivity contribution >= 4 is 33.2 Å². The van der Waals surface area contributed by atoms with E-state index in [0.29, 0.717) is 5.56 Å². The van der Waals surface area contributed by atoms with Gasteiger partial charge >= 0.3 is 0 Å².